The second-order valence-corrected chi connectivity index (χ2v) is 13.8. The number of thiophene rings is 1. The van der Waals surface area contributed by atoms with E-state index in [0.29, 0.717) is 11.1 Å². The maximum absolute atomic E-state index is 10.4. The first-order valence-corrected chi connectivity index (χ1v) is 16.4. The molecule has 0 saturated carbocycles. The van der Waals surface area contributed by atoms with Crippen LogP contribution in [0.4, 0.5) is 0 Å². The van der Waals surface area contributed by atoms with Crippen molar-refractivity contribution in [3.05, 3.63) is 160 Å². The van der Waals surface area contributed by atoms with Crippen LogP contribution in [0.25, 0.3) is 48.0 Å². The summed E-state index contributed by atoms with van der Waals surface area (Å²) in [6.45, 7) is 10.8. The molecule has 2 nitrogen and oxygen atoms in total. The third kappa shape index (κ3) is 3.86. The van der Waals surface area contributed by atoms with Gasteiger partial charge in [0, 0.05) is 37.1 Å². The monoisotopic (exact) mass is 606 g/mol. The molecule has 0 spiro atoms. The first-order chi connectivity index (χ1) is 22.4. The van der Waals surface area contributed by atoms with Crippen molar-refractivity contribution in [2.24, 2.45) is 0 Å². The van der Waals surface area contributed by atoms with Gasteiger partial charge in [0.05, 0.1) is 23.3 Å². The SMILES string of the molecule is C=C/C=C\C1=C(C)c2ccc3c(sc4ccc(-c5c(C#N)cccc5C5c6ccccc6-c6cc(C#N)ccc65)cc43)c2C1(C)C. The second kappa shape index (κ2) is 10.3. The van der Waals surface area contributed by atoms with Crippen LogP contribution in [0.3, 0.4) is 0 Å². The Balaban J connectivity index is 1.34. The Kier molecular flexibility index (Phi) is 6.26. The number of rotatable bonds is 4. The number of nitriles is 2. The molecule has 0 saturated heterocycles. The summed E-state index contributed by atoms with van der Waals surface area (Å²) in [7, 11) is 0. The zero-order chi connectivity index (χ0) is 31.7. The van der Waals surface area contributed by atoms with Crippen LogP contribution in [0.5, 0.6) is 0 Å². The summed E-state index contributed by atoms with van der Waals surface area (Å²) in [4.78, 5) is 0. The van der Waals surface area contributed by atoms with Gasteiger partial charge in [-0.25, -0.2) is 0 Å². The number of hydrogen-bond donors (Lipinski definition) is 0. The van der Waals surface area contributed by atoms with Gasteiger partial charge in [-0.05, 0) is 92.9 Å². The van der Waals surface area contributed by atoms with Gasteiger partial charge >= 0.3 is 0 Å². The molecule has 0 N–H and O–H groups in total. The average molecular weight is 607 g/mol. The Bertz CT molecular complexity index is 2450. The van der Waals surface area contributed by atoms with E-state index in [1.54, 1.807) is 0 Å². The van der Waals surface area contributed by atoms with Crippen molar-refractivity contribution in [3.63, 3.8) is 0 Å². The van der Waals surface area contributed by atoms with Gasteiger partial charge in [0.1, 0.15) is 0 Å². The predicted octanol–water partition coefficient (Wildman–Crippen LogP) is 11.4. The van der Waals surface area contributed by atoms with Crippen LogP contribution in [0, 0.1) is 22.7 Å². The topological polar surface area (TPSA) is 47.6 Å². The van der Waals surface area contributed by atoms with Crippen molar-refractivity contribution in [2.75, 3.05) is 0 Å². The number of benzene rings is 5. The molecule has 0 fully saturated rings. The third-order valence-corrected chi connectivity index (χ3v) is 11.2. The van der Waals surface area contributed by atoms with E-state index in [-0.39, 0.29) is 11.3 Å². The van der Waals surface area contributed by atoms with Crippen LogP contribution in [-0.2, 0) is 5.41 Å². The summed E-state index contributed by atoms with van der Waals surface area (Å²) in [5.41, 5.74) is 14.3. The Hall–Kier alpha value is -5.48. The van der Waals surface area contributed by atoms with Gasteiger partial charge in [-0.3, -0.25) is 0 Å². The van der Waals surface area contributed by atoms with Crippen LogP contribution < -0.4 is 0 Å². The molecule has 5 aromatic carbocycles. The normalized spacial score (nSPS) is 16.0. The molecule has 2 aliphatic rings. The molecule has 46 heavy (non-hydrogen) atoms. The van der Waals surface area contributed by atoms with Crippen molar-refractivity contribution in [1.82, 2.24) is 0 Å². The smallest absolute Gasteiger partial charge is 0.0998 e. The largest absolute Gasteiger partial charge is 0.192 e. The average Bonchev–Trinajstić information content (AvgIpc) is 3.67. The van der Waals surface area contributed by atoms with E-state index in [1.165, 1.54) is 53.6 Å². The number of hydrogen-bond acceptors (Lipinski definition) is 3. The fourth-order valence-electron chi connectivity index (χ4n) is 8.01. The van der Waals surface area contributed by atoms with Gasteiger partial charge in [0.2, 0.25) is 0 Å². The van der Waals surface area contributed by atoms with Crippen molar-refractivity contribution in [3.8, 4) is 34.4 Å². The lowest BCUT2D eigenvalue weighted by molar-refractivity contribution is 0.661. The summed E-state index contributed by atoms with van der Waals surface area (Å²) < 4.78 is 2.57. The van der Waals surface area contributed by atoms with Crippen molar-refractivity contribution in [2.45, 2.75) is 32.1 Å². The molecule has 0 radical (unpaired) electrons. The van der Waals surface area contributed by atoms with Gasteiger partial charge in [-0.2, -0.15) is 10.5 Å². The predicted molar refractivity (Wildman–Crippen MR) is 192 cm³/mol. The molecule has 1 unspecified atom stereocenters. The minimum atomic E-state index is -0.128. The summed E-state index contributed by atoms with van der Waals surface area (Å²) in [6.07, 6.45) is 6.09. The Labute approximate surface area is 273 Å². The van der Waals surface area contributed by atoms with Crippen molar-refractivity contribution < 1.29 is 0 Å². The summed E-state index contributed by atoms with van der Waals surface area (Å²) in [5.74, 6) is -0.0441. The van der Waals surface area contributed by atoms with E-state index in [9.17, 15) is 10.5 Å². The molecule has 0 bridgehead atoms. The van der Waals surface area contributed by atoms with E-state index in [2.05, 4.69) is 112 Å². The quantitative estimate of drug-likeness (QED) is 0.187. The Morgan fingerprint density at radius 1 is 0.783 bits per heavy atom. The highest BCUT2D eigenvalue weighted by Crippen LogP contribution is 2.54. The van der Waals surface area contributed by atoms with Gasteiger partial charge in [-0.1, -0.05) is 99.3 Å². The zero-order valence-corrected chi connectivity index (χ0v) is 26.8. The van der Waals surface area contributed by atoms with Gasteiger partial charge in [0.25, 0.3) is 0 Å². The maximum atomic E-state index is 10.4. The summed E-state index contributed by atoms with van der Waals surface area (Å²) in [5, 5.41) is 22.5. The fraction of sp³-hybridized carbons (Fsp3) is 0.116. The van der Waals surface area contributed by atoms with Gasteiger partial charge in [-0.15, -0.1) is 11.3 Å². The van der Waals surface area contributed by atoms with Crippen LogP contribution in [0.2, 0.25) is 0 Å². The molecular formula is C43H30N2S. The first-order valence-electron chi connectivity index (χ1n) is 15.5. The van der Waals surface area contributed by atoms with E-state index in [0.717, 1.165) is 27.8 Å². The van der Waals surface area contributed by atoms with Crippen molar-refractivity contribution in [1.29, 1.82) is 10.5 Å². The Morgan fingerprint density at radius 2 is 1.59 bits per heavy atom. The van der Waals surface area contributed by atoms with E-state index < -0.39 is 0 Å². The third-order valence-electron chi connectivity index (χ3n) is 10.0. The highest BCUT2D eigenvalue weighted by Gasteiger charge is 2.37. The van der Waals surface area contributed by atoms with Gasteiger partial charge in [0.15, 0.2) is 0 Å². The molecule has 3 heteroatoms. The van der Waals surface area contributed by atoms with Crippen LogP contribution in [0.15, 0.2) is 121 Å². The maximum Gasteiger partial charge on any atom is 0.0998 e. The molecule has 0 aliphatic heterocycles. The Morgan fingerprint density at radius 3 is 2.39 bits per heavy atom. The molecule has 8 rings (SSSR count). The molecular weight excluding hydrogens is 577 g/mol. The zero-order valence-electron chi connectivity index (χ0n) is 26.0. The van der Waals surface area contributed by atoms with Gasteiger partial charge < -0.3 is 0 Å². The number of allylic oxidation sites excluding steroid dienone is 5. The number of nitrogens with zero attached hydrogens (tertiary/aromatic N) is 2. The highest BCUT2D eigenvalue weighted by molar-refractivity contribution is 7.26. The second-order valence-electron chi connectivity index (χ2n) is 12.8. The van der Waals surface area contributed by atoms with Crippen LogP contribution in [-0.4, -0.2) is 0 Å². The lowest BCUT2D eigenvalue weighted by atomic mass is 9.80. The fourth-order valence-corrected chi connectivity index (χ4v) is 9.40. The highest BCUT2D eigenvalue weighted by atomic mass is 32.1. The lowest BCUT2D eigenvalue weighted by Gasteiger charge is -2.23. The van der Waals surface area contributed by atoms with Crippen LogP contribution in [0.1, 0.15) is 65.6 Å². The van der Waals surface area contributed by atoms with E-state index in [4.69, 9.17) is 0 Å². The summed E-state index contributed by atoms with van der Waals surface area (Å²) >= 11 is 1.86. The summed E-state index contributed by atoms with van der Waals surface area (Å²) in [6, 6.07) is 36.7. The van der Waals surface area contributed by atoms with Crippen LogP contribution >= 0.6 is 11.3 Å². The molecule has 1 atom stereocenters. The molecule has 1 heterocycles. The number of fused-ring (bicyclic) bond motifs is 8. The van der Waals surface area contributed by atoms with Crippen molar-refractivity contribution >= 4 is 37.1 Å². The molecule has 0 amide bonds. The molecule has 6 aromatic rings. The molecule has 2 aliphatic carbocycles. The minimum Gasteiger partial charge on any atom is -0.192 e. The lowest BCUT2D eigenvalue weighted by Crippen LogP contribution is -2.16. The molecule has 218 valence electrons. The standard InChI is InChI=1S/C43H30N2S/c1-5-6-14-37-25(2)29-18-19-33-36-22-27(16-20-38(36)46-42(33)41(29)43(37,3)4)39-28(24-45)10-9-13-34(39)40-31-12-8-7-11-30(31)35-21-26(23-44)15-17-32(35)40/h5-22,40H,1H2,2-4H3/b14-6-. The molecule has 1 aromatic heterocycles. The first kappa shape index (κ1) is 28.0. The van der Waals surface area contributed by atoms with E-state index >= 15 is 0 Å². The van der Waals surface area contributed by atoms with E-state index in [1.807, 2.05) is 47.8 Å². The minimum absolute atomic E-state index is 0.0441.